The van der Waals surface area contributed by atoms with Gasteiger partial charge in [-0.1, -0.05) is 38.1 Å². The number of aromatic amines is 1. The van der Waals surface area contributed by atoms with E-state index in [-0.39, 0.29) is 0 Å². The number of fused-ring (bicyclic) bond motifs is 2. The summed E-state index contributed by atoms with van der Waals surface area (Å²) in [6, 6.07) is 12.1. The Morgan fingerprint density at radius 2 is 1.52 bits per heavy atom. The van der Waals surface area contributed by atoms with Crippen molar-refractivity contribution in [2.24, 2.45) is 0 Å². The highest BCUT2D eigenvalue weighted by atomic mass is 14.9. The van der Waals surface area contributed by atoms with E-state index in [0.717, 1.165) is 11.0 Å². The van der Waals surface area contributed by atoms with Crippen molar-refractivity contribution in [1.29, 1.82) is 0 Å². The highest BCUT2D eigenvalue weighted by Crippen LogP contribution is 2.09. The van der Waals surface area contributed by atoms with Gasteiger partial charge in [0.25, 0.3) is 0 Å². The van der Waals surface area contributed by atoms with Gasteiger partial charge in [-0.05, 0) is 22.9 Å². The number of hydrogen-bond acceptors (Lipinski definition) is 3. The zero-order chi connectivity index (χ0) is 14.9. The van der Waals surface area contributed by atoms with E-state index in [1.165, 1.54) is 10.8 Å². The number of nitrogens with zero attached hydrogens (tertiary/aromatic N) is 3. The molecule has 0 aliphatic carbocycles. The van der Waals surface area contributed by atoms with Crippen LogP contribution in [0.2, 0.25) is 0 Å². The van der Waals surface area contributed by atoms with Gasteiger partial charge in [-0.25, -0.2) is 4.98 Å². The second-order valence-electron chi connectivity index (χ2n) is 4.02. The largest absolute Gasteiger partial charge is 0.343 e. The highest BCUT2D eigenvalue weighted by molar-refractivity contribution is 5.80. The van der Waals surface area contributed by atoms with Gasteiger partial charge < -0.3 is 4.98 Å². The van der Waals surface area contributed by atoms with E-state index in [1.54, 1.807) is 18.7 Å². The first-order chi connectivity index (χ1) is 10.4. The monoisotopic (exact) mass is 278 g/mol. The van der Waals surface area contributed by atoms with E-state index in [2.05, 4.69) is 32.1 Å². The zero-order valence-electron chi connectivity index (χ0n) is 12.2. The Bertz CT molecular complexity index is 697. The lowest BCUT2D eigenvalue weighted by atomic mass is 10.2. The van der Waals surface area contributed by atoms with Crippen molar-refractivity contribution in [3.05, 3.63) is 67.5 Å². The summed E-state index contributed by atoms with van der Waals surface area (Å²) in [5.74, 6) is 0. The Labute approximate surface area is 123 Å². The molecule has 0 bridgehead atoms. The van der Waals surface area contributed by atoms with Gasteiger partial charge in [0.05, 0.1) is 23.6 Å². The maximum Gasteiger partial charge on any atom is 0.0932 e. The maximum absolute atomic E-state index is 4.02. The normalized spacial score (nSPS) is 9.43. The first-order valence-electron chi connectivity index (χ1n) is 6.95. The lowest BCUT2D eigenvalue weighted by molar-refractivity contribution is 1.33. The smallest absolute Gasteiger partial charge is 0.0932 e. The number of benzene rings is 1. The Morgan fingerprint density at radius 1 is 0.810 bits per heavy atom. The van der Waals surface area contributed by atoms with E-state index in [9.17, 15) is 0 Å². The highest BCUT2D eigenvalue weighted by Gasteiger charge is 1.89. The average molecular weight is 278 g/mol. The number of imidazole rings is 1. The van der Waals surface area contributed by atoms with Crippen molar-refractivity contribution >= 4 is 21.8 Å². The second-order valence-corrected chi connectivity index (χ2v) is 4.02. The fraction of sp³-hybridized carbons (Fsp3) is 0.118. The van der Waals surface area contributed by atoms with Crippen LogP contribution in [-0.2, 0) is 0 Å². The van der Waals surface area contributed by atoms with Crippen LogP contribution in [0.1, 0.15) is 13.8 Å². The molecule has 3 heterocycles. The molecule has 0 amide bonds. The van der Waals surface area contributed by atoms with Crippen LogP contribution in [0.5, 0.6) is 0 Å². The summed E-state index contributed by atoms with van der Waals surface area (Å²) in [7, 11) is 0. The summed E-state index contributed by atoms with van der Waals surface area (Å²) >= 11 is 0. The molecule has 0 saturated heterocycles. The van der Waals surface area contributed by atoms with Crippen LogP contribution in [-0.4, -0.2) is 19.9 Å². The topological polar surface area (TPSA) is 54.5 Å². The summed E-state index contributed by atoms with van der Waals surface area (Å²) in [4.78, 5) is 14.9. The molecule has 0 aliphatic heterocycles. The molecule has 106 valence electrons. The van der Waals surface area contributed by atoms with Gasteiger partial charge in [-0.15, -0.1) is 0 Å². The molecule has 0 spiro atoms. The van der Waals surface area contributed by atoms with E-state index in [1.807, 2.05) is 50.5 Å². The fourth-order valence-corrected chi connectivity index (χ4v) is 1.81. The molecular formula is C17H18N4. The van der Waals surface area contributed by atoms with Crippen molar-refractivity contribution in [3.8, 4) is 0 Å². The molecule has 4 nitrogen and oxygen atoms in total. The molecule has 21 heavy (non-hydrogen) atoms. The van der Waals surface area contributed by atoms with Crippen LogP contribution in [0, 0.1) is 0 Å². The van der Waals surface area contributed by atoms with Crippen molar-refractivity contribution in [3.63, 3.8) is 0 Å². The second kappa shape index (κ2) is 7.75. The van der Waals surface area contributed by atoms with E-state index in [4.69, 9.17) is 0 Å². The Balaban J connectivity index is 0.000000138. The molecule has 1 aromatic carbocycles. The molecule has 0 saturated carbocycles. The lowest BCUT2D eigenvalue weighted by Crippen LogP contribution is -1.71. The zero-order valence-corrected chi connectivity index (χ0v) is 12.2. The number of aromatic nitrogens is 4. The molecule has 4 heteroatoms. The van der Waals surface area contributed by atoms with Gasteiger partial charge in [0.2, 0.25) is 0 Å². The van der Waals surface area contributed by atoms with Gasteiger partial charge in [-0.3, -0.25) is 9.97 Å². The Morgan fingerprint density at radius 3 is 2.29 bits per heavy atom. The Hall–Kier alpha value is -2.75. The van der Waals surface area contributed by atoms with Gasteiger partial charge in [0.15, 0.2) is 0 Å². The summed E-state index contributed by atoms with van der Waals surface area (Å²) < 4.78 is 0. The van der Waals surface area contributed by atoms with Crippen molar-refractivity contribution in [2.75, 3.05) is 0 Å². The third kappa shape index (κ3) is 3.86. The average Bonchev–Trinajstić information content (AvgIpc) is 3.06. The minimum atomic E-state index is 0.963. The van der Waals surface area contributed by atoms with E-state index in [0.29, 0.717) is 0 Å². The quantitative estimate of drug-likeness (QED) is 0.524. The fourth-order valence-electron chi connectivity index (χ4n) is 1.81. The predicted molar refractivity (Wildman–Crippen MR) is 87.0 cm³/mol. The summed E-state index contributed by atoms with van der Waals surface area (Å²) in [5.41, 5.74) is 1.95. The number of pyridine rings is 2. The molecule has 0 atom stereocenters. The van der Waals surface area contributed by atoms with Crippen LogP contribution < -0.4 is 0 Å². The van der Waals surface area contributed by atoms with Crippen LogP contribution in [0.25, 0.3) is 21.8 Å². The standard InChI is InChI=1S/C9H7N.C6H5N3.C2H6/c1-2-4-9-7-10-6-5-8(9)3-1;1-2-7-3-6-5(1)8-4-9-6;1-2/h1-7H;1-4H,(H,8,9);1-2H3. The third-order valence-corrected chi connectivity index (χ3v) is 2.77. The summed E-state index contributed by atoms with van der Waals surface area (Å²) in [5, 5.41) is 2.45. The molecule has 0 unspecified atom stereocenters. The SMILES string of the molecule is CC.c1cc2nc[nH]c2cn1.c1ccc2cnccc2c1. The van der Waals surface area contributed by atoms with Gasteiger partial charge in [0.1, 0.15) is 0 Å². The van der Waals surface area contributed by atoms with Crippen molar-refractivity contribution in [1.82, 2.24) is 19.9 Å². The molecule has 0 radical (unpaired) electrons. The maximum atomic E-state index is 4.02. The summed E-state index contributed by atoms with van der Waals surface area (Å²) in [6.45, 7) is 4.00. The van der Waals surface area contributed by atoms with E-state index < -0.39 is 0 Å². The van der Waals surface area contributed by atoms with Gasteiger partial charge >= 0.3 is 0 Å². The van der Waals surface area contributed by atoms with E-state index >= 15 is 0 Å². The molecule has 3 aromatic heterocycles. The van der Waals surface area contributed by atoms with Gasteiger partial charge in [-0.2, -0.15) is 0 Å². The summed E-state index contributed by atoms with van der Waals surface area (Å²) in [6.07, 6.45) is 8.82. The molecule has 4 aromatic rings. The third-order valence-electron chi connectivity index (χ3n) is 2.77. The Kier molecular flexibility index (Phi) is 5.41. The van der Waals surface area contributed by atoms with Crippen molar-refractivity contribution in [2.45, 2.75) is 13.8 Å². The van der Waals surface area contributed by atoms with Crippen molar-refractivity contribution < 1.29 is 0 Å². The number of rotatable bonds is 0. The molecule has 4 rings (SSSR count). The first kappa shape index (κ1) is 14.7. The number of H-pyrrole nitrogens is 1. The van der Waals surface area contributed by atoms with Crippen LogP contribution in [0.4, 0.5) is 0 Å². The van der Waals surface area contributed by atoms with Crippen LogP contribution >= 0.6 is 0 Å². The lowest BCUT2D eigenvalue weighted by Gasteiger charge is -1.91. The first-order valence-corrected chi connectivity index (χ1v) is 6.95. The number of hydrogen-bond donors (Lipinski definition) is 1. The molecule has 1 N–H and O–H groups in total. The minimum absolute atomic E-state index is 0.963. The predicted octanol–water partition coefficient (Wildman–Crippen LogP) is 4.22. The molecule has 0 aliphatic rings. The van der Waals surface area contributed by atoms with Crippen LogP contribution in [0.3, 0.4) is 0 Å². The minimum Gasteiger partial charge on any atom is -0.343 e. The number of nitrogens with one attached hydrogen (secondary N) is 1. The van der Waals surface area contributed by atoms with Gasteiger partial charge in [0, 0.05) is 18.6 Å². The van der Waals surface area contributed by atoms with Crippen LogP contribution in [0.15, 0.2) is 67.5 Å². The molecular weight excluding hydrogens is 260 g/mol. The molecule has 0 fully saturated rings.